The highest BCUT2D eigenvalue weighted by atomic mass is 16.2. The van der Waals surface area contributed by atoms with E-state index in [4.69, 9.17) is 5.73 Å². The second-order valence-corrected chi connectivity index (χ2v) is 5.09. The van der Waals surface area contributed by atoms with E-state index in [-0.39, 0.29) is 17.9 Å². The average molecular weight is 277 g/mol. The fraction of sp³-hybridized carbons (Fsp3) is 0.467. The summed E-state index contributed by atoms with van der Waals surface area (Å²) < 4.78 is 0. The van der Waals surface area contributed by atoms with Gasteiger partial charge in [-0.05, 0) is 38.5 Å². The van der Waals surface area contributed by atoms with Crippen LogP contribution in [0.25, 0.3) is 0 Å². The predicted molar refractivity (Wildman–Crippen MR) is 80.6 cm³/mol. The summed E-state index contributed by atoms with van der Waals surface area (Å²) >= 11 is 0. The van der Waals surface area contributed by atoms with E-state index in [1.165, 1.54) is 0 Å². The molecular weight excluding hydrogens is 254 g/mol. The van der Waals surface area contributed by atoms with Crippen molar-refractivity contribution in [1.82, 2.24) is 5.32 Å². The summed E-state index contributed by atoms with van der Waals surface area (Å²) in [7, 11) is 0. The van der Waals surface area contributed by atoms with Gasteiger partial charge in [-0.3, -0.25) is 9.59 Å². The van der Waals surface area contributed by atoms with Crippen LogP contribution in [-0.2, 0) is 4.79 Å². The second kappa shape index (κ2) is 7.65. The van der Waals surface area contributed by atoms with Crippen molar-refractivity contribution in [2.75, 3.05) is 5.32 Å². The number of amides is 2. The molecule has 0 aliphatic rings. The van der Waals surface area contributed by atoms with E-state index in [9.17, 15) is 9.59 Å². The lowest BCUT2D eigenvalue weighted by Gasteiger charge is -2.12. The van der Waals surface area contributed by atoms with E-state index < -0.39 is 6.04 Å². The van der Waals surface area contributed by atoms with Crippen LogP contribution in [0.15, 0.2) is 24.3 Å². The smallest absolute Gasteiger partial charge is 0.251 e. The molecule has 0 saturated heterocycles. The van der Waals surface area contributed by atoms with E-state index in [0.717, 1.165) is 6.42 Å². The van der Waals surface area contributed by atoms with Gasteiger partial charge >= 0.3 is 0 Å². The van der Waals surface area contributed by atoms with Crippen molar-refractivity contribution >= 4 is 17.5 Å². The number of nitrogens with two attached hydrogens (primary N) is 1. The molecule has 0 fully saturated rings. The lowest BCUT2D eigenvalue weighted by molar-refractivity contribution is -0.117. The minimum Gasteiger partial charge on any atom is -0.350 e. The molecule has 4 N–H and O–H groups in total. The summed E-state index contributed by atoms with van der Waals surface area (Å²) in [6, 6.07) is 6.37. The number of anilines is 1. The third-order valence-electron chi connectivity index (χ3n) is 2.75. The van der Waals surface area contributed by atoms with Crippen LogP contribution in [0.3, 0.4) is 0 Å². The summed E-state index contributed by atoms with van der Waals surface area (Å²) in [6.07, 6.45) is 1.49. The van der Waals surface area contributed by atoms with Crippen LogP contribution in [-0.4, -0.2) is 23.9 Å². The molecule has 1 aromatic carbocycles. The van der Waals surface area contributed by atoms with Crippen molar-refractivity contribution in [3.8, 4) is 0 Å². The Balaban J connectivity index is 2.73. The molecule has 0 aliphatic carbocycles. The fourth-order valence-electron chi connectivity index (χ4n) is 1.76. The minimum absolute atomic E-state index is 0.0683. The number of nitrogens with one attached hydrogen (secondary N) is 2. The molecule has 0 bridgehead atoms. The van der Waals surface area contributed by atoms with E-state index in [2.05, 4.69) is 10.6 Å². The number of carbonyl (C=O) groups excluding carboxylic acids is 2. The molecule has 5 heteroatoms. The standard InChI is InChI=1S/C15H23N3O2/c1-4-6-13(16)15(20)18-12-8-5-7-11(9-12)14(19)17-10(2)3/h5,7-10,13H,4,6,16H2,1-3H3,(H,17,19)(H,18,20). The third kappa shape index (κ3) is 5.01. The van der Waals surface area contributed by atoms with Gasteiger partial charge in [0.2, 0.25) is 5.91 Å². The zero-order valence-electron chi connectivity index (χ0n) is 12.3. The monoisotopic (exact) mass is 277 g/mol. The van der Waals surface area contributed by atoms with Crippen molar-refractivity contribution in [3.63, 3.8) is 0 Å². The van der Waals surface area contributed by atoms with Crippen LogP contribution in [0, 0.1) is 0 Å². The van der Waals surface area contributed by atoms with Gasteiger partial charge in [0, 0.05) is 17.3 Å². The number of hydrogen-bond donors (Lipinski definition) is 3. The van der Waals surface area contributed by atoms with Crippen LogP contribution in [0.2, 0.25) is 0 Å². The molecule has 0 spiro atoms. The van der Waals surface area contributed by atoms with Crippen LogP contribution in [0.4, 0.5) is 5.69 Å². The van der Waals surface area contributed by atoms with Crippen molar-refractivity contribution in [2.45, 2.75) is 45.7 Å². The molecule has 0 aliphatic heterocycles. The first kappa shape index (κ1) is 16.2. The molecular formula is C15H23N3O2. The Bertz CT molecular complexity index is 472. The van der Waals surface area contributed by atoms with E-state index in [1.54, 1.807) is 24.3 Å². The van der Waals surface area contributed by atoms with Crippen molar-refractivity contribution in [3.05, 3.63) is 29.8 Å². The number of hydrogen-bond acceptors (Lipinski definition) is 3. The molecule has 0 saturated carbocycles. The van der Waals surface area contributed by atoms with E-state index in [1.807, 2.05) is 20.8 Å². The molecule has 1 atom stereocenters. The van der Waals surface area contributed by atoms with Crippen LogP contribution < -0.4 is 16.4 Å². The maximum atomic E-state index is 11.9. The highest BCUT2D eigenvalue weighted by molar-refractivity contribution is 5.98. The van der Waals surface area contributed by atoms with Gasteiger partial charge in [0.1, 0.15) is 0 Å². The van der Waals surface area contributed by atoms with Gasteiger partial charge in [-0.2, -0.15) is 0 Å². The summed E-state index contributed by atoms with van der Waals surface area (Å²) in [5.41, 5.74) is 6.84. The first-order chi connectivity index (χ1) is 9.43. The lowest BCUT2D eigenvalue weighted by atomic mass is 10.1. The Hall–Kier alpha value is -1.88. The summed E-state index contributed by atoms with van der Waals surface area (Å²) in [4.78, 5) is 23.7. The Kier molecular flexibility index (Phi) is 6.18. The van der Waals surface area contributed by atoms with E-state index in [0.29, 0.717) is 17.7 Å². The Morgan fingerprint density at radius 2 is 2.00 bits per heavy atom. The van der Waals surface area contributed by atoms with Crippen molar-refractivity contribution < 1.29 is 9.59 Å². The lowest BCUT2D eigenvalue weighted by Crippen LogP contribution is -2.35. The molecule has 110 valence electrons. The van der Waals surface area contributed by atoms with Gasteiger partial charge in [-0.25, -0.2) is 0 Å². The Labute approximate surface area is 119 Å². The van der Waals surface area contributed by atoms with Gasteiger partial charge in [0.15, 0.2) is 0 Å². The topological polar surface area (TPSA) is 84.2 Å². The van der Waals surface area contributed by atoms with E-state index >= 15 is 0 Å². The maximum absolute atomic E-state index is 11.9. The fourth-order valence-corrected chi connectivity index (χ4v) is 1.76. The molecule has 0 heterocycles. The summed E-state index contributed by atoms with van der Waals surface area (Å²) in [5, 5.41) is 5.54. The quantitative estimate of drug-likeness (QED) is 0.742. The zero-order valence-corrected chi connectivity index (χ0v) is 12.3. The molecule has 1 rings (SSSR count). The molecule has 5 nitrogen and oxygen atoms in total. The second-order valence-electron chi connectivity index (χ2n) is 5.09. The Morgan fingerprint density at radius 3 is 2.60 bits per heavy atom. The number of benzene rings is 1. The highest BCUT2D eigenvalue weighted by Crippen LogP contribution is 2.11. The molecule has 1 aromatic rings. The van der Waals surface area contributed by atoms with Crippen molar-refractivity contribution in [2.24, 2.45) is 5.73 Å². The van der Waals surface area contributed by atoms with Gasteiger partial charge in [0.05, 0.1) is 6.04 Å². The van der Waals surface area contributed by atoms with Gasteiger partial charge in [-0.1, -0.05) is 19.4 Å². The number of carbonyl (C=O) groups is 2. The molecule has 0 aromatic heterocycles. The first-order valence-corrected chi connectivity index (χ1v) is 6.91. The normalized spacial score (nSPS) is 12.1. The molecule has 2 amide bonds. The van der Waals surface area contributed by atoms with Gasteiger partial charge < -0.3 is 16.4 Å². The summed E-state index contributed by atoms with van der Waals surface area (Å²) in [6.45, 7) is 5.77. The maximum Gasteiger partial charge on any atom is 0.251 e. The SMILES string of the molecule is CCCC(N)C(=O)Nc1cccc(C(=O)NC(C)C)c1. The van der Waals surface area contributed by atoms with Crippen LogP contribution >= 0.6 is 0 Å². The molecule has 0 radical (unpaired) electrons. The average Bonchev–Trinajstić information content (AvgIpc) is 2.38. The molecule has 20 heavy (non-hydrogen) atoms. The zero-order chi connectivity index (χ0) is 15.1. The van der Waals surface area contributed by atoms with Crippen molar-refractivity contribution in [1.29, 1.82) is 0 Å². The predicted octanol–water partition coefficient (Wildman–Crippen LogP) is 1.89. The minimum atomic E-state index is -0.520. The largest absolute Gasteiger partial charge is 0.350 e. The van der Waals surface area contributed by atoms with Crippen LogP contribution in [0.1, 0.15) is 44.0 Å². The van der Waals surface area contributed by atoms with Gasteiger partial charge in [0.25, 0.3) is 5.91 Å². The Morgan fingerprint density at radius 1 is 1.30 bits per heavy atom. The molecule has 1 unspecified atom stereocenters. The number of rotatable bonds is 6. The van der Waals surface area contributed by atoms with Gasteiger partial charge in [-0.15, -0.1) is 0 Å². The highest BCUT2D eigenvalue weighted by Gasteiger charge is 2.13. The van der Waals surface area contributed by atoms with Crippen LogP contribution in [0.5, 0.6) is 0 Å². The first-order valence-electron chi connectivity index (χ1n) is 6.91. The third-order valence-corrected chi connectivity index (χ3v) is 2.75. The summed E-state index contributed by atoms with van der Waals surface area (Å²) in [5.74, 6) is -0.387.